The van der Waals surface area contributed by atoms with E-state index in [-0.39, 0.29) is 5.91 Å². The van der Waals surface area contributed by atoms with Crippen molar-refractivity contribution < 1.29 is 14.3 Å². The maximum absolute atomic E-state index is 12.6. The lowest BCUT2D eigenvalue weighted by Crippen LogP contribution is -2.21. The Balaban J connectivity index is 1.91. The summed E-state index contributed by atoms with van der Waals surface area (Å²) in [5, 5.41) is 3.48. The molecule has 1 heterocycles. The predicted molar refractivity (Wildman–Crippen MR) is 98.6 cm³/mol. The molecule has 1 fully saturated rings. The summed E-state index contributed by atoms with van der Waals surface area (Å²) in [4.78, 5) is 26.6. The van der Waals surface area contributed by atoms with Gasteiger partial charge in [-0.1, -0.05) is 11.6 Å². The molecule has 1 saturated heterocycles. The van der Waals surface area contributed by atoms with Crippen LogP contribution in [-0.4, -0.2) is 32.1 Å². The zero-order valence-electron chi connectivity index (χ0n) is 13.9. The maximum atomic E-state index is 12.6. The molecule has 0 radical (unpaired) electrons. The van der Waals surface area contributed by atoms with Crippen LogP contribution in [-0.2, 0) is 4.74 Å². The number of halogens is 1. The topological polar surface area (TPSA) is 58.6 Å². The van der Waals surface area contributed by atoms with Crippen LogP contribution in [0.15, 0.2) is 42.5 Å². The first kappa shape index (κ1) is 17.3. The van der Waals surface area contributed by atoms with Crippen molar-refractivity contribution in [2.45, 2.75) is 12.8 Å². The molecule has 3 rings (SSSR count). The number of esters is 1. The number of nitrogens with one attached hydrogen (secondary N) is 1. The van der Waals surface area contributed by atoms with Gasteiger partial charge in [0.15, 0.2) is 0 Å². The number of rotatable bonds is 4. The minimum Gasteiger partial charge on any atom is -0.465 e. The van der Waals surface area contributed by atoms with Crippen LogP contribution in [0.2, 0.25) is 5.02 Å². The molecule has 25 heavy (non-hydrogen) atoms. The van der Waals surface area contributed by atoms with Crippen molar-refractivity contribution in [3.05, 3.63) is 58.6 Å². The van der Waals surface area contributed by atoms with Crippen LogP contribution >= 0.6 is 11.6 Å². The fourth-order valence-electron chi connectivity index (χ4n) is 2.91. The van der Waals surface area contributed by atoms with Crippen molar-refractivity contribution in [3.8, 4) is 0 Å². The first-order chi connectivity index (χ1) is 12.1. The fraction of sp³-hybridized carbons (Fsp3) is 0.263. The third-order valence-corrected chi connectivity index (χ3v) is 4.47. The Morgan fingerprint density at radius 1 is 1.04 bits per heavy atom. The second-order valence-electron chi connectivity index (χ2n) is 5.88. The van der Waals surface area contributed by atoms with Gasteiger partial charge in [0.2, 0.25) is 0 Å². The lowest BCUT2D eigenvalue weighted by Gasteiger charge is -2.22. The van der Waals surface area contributed by atoms with Gasteiger partial charge in [0.1, 0.15) is 0 Å². The fourth-order valence-corrected chi connectivity index (χ4v) is 3.04. The number of benzene rings is 2. The molecular weight excluding hydrogens is 340 g/mol. The second kappa shape index (κ2) is 7.57. The molecule has 5 nitrogen and oxygen atoms in total. The van der Waals surface area contributed by atoms with Gasteiger partial charge in [-0.2, -0.15) is 0 Å². The van der Waals surface area contributed by atoms with Crippen LogP contribution in [0.5, 0.6) is 0 Å². The zero-order valence-corrected chi connectivity index (χ0v) is 14.7. The molecule has 0 spiro atoms. The quantitative estimate of drug-likeness (QED) is 0.840. The van der Waals surface area contributed by atoms with E-state index in [2.05, 4.69) is 10.2 Å². The molecule has 0 saturated carbocycles. The SMILES string of the molecule is COC(=O)c1ccc(N2CCCC2)c(NC(=O)c2ccc(Cl)cc2)c1. The number of methoxy groups -OCH3 is 1. The van der Waals surface area contributed by atoms with Crippen molar-refractivity contribution in [2.75, 3.05) is 30.4 Å². The standard InChI is InChI=1S/C19H19ClN2O3/c1-25-19(24)14-6-9-17(22-10-2-3-11-22)16(12-14)21-18(23)13-4-7-15(20)8-5-13/h4-9,12H,2-3,10-11H2,1H3,(H,21,23). The minimum atomic E-state index is -0.435. The van der Waals surface area contributed by atoms with Crippen LogP contribution in [0.1, 0.15) is 33.6 Å². The van der Waals surface area contributed by atoms with Crippen molar-refractivity contribution in [1.29, 1.82) is 0 Å². The Labute approximate surface area is 151 Å². The Hall–Kier alpha value is -2.53. The number of carbonyl (C=O) groups is 2. The largest absolute Gasteiger partial charge is 0.465 e. The Bertz CT molecular complexity index is 784. The van der Waals surface area contributed by atoms with E-state index in [1.807, 2.05) is 6.07 Å². The highest BCUT2D eigenvalue weighted by molar-refractivity contribution is 6.30. The van der Waals surface area contributed by atoms with Crippen molar-refractivity contribution in [1.82, 2.24) is 0 Å². The van der Waals surface area contributed by atoms with Gasteiger partial charge in [-0.25, -0.2) is 4.79 Å². The van der Waals surface area contributed by atoms with E-state index in [9.17, 15) is 9.59 Å². The number of nitrogens with zero attached hydrogens (tertiary/aromatic N) is 1. The summed E-state index contributed by atoms with van der Waals surface area (Å²) < 4.78 is 4.78. The van der Waals surface area contributed by atoms with Gasteiger partial charge in [-0.3, -0.25) is 4.79 Å². The molecule has 1 aliphatic heterocycles. The van der Waals surface area contributed by atoms with Crippen LogP contribution in [0.4, 0.5) is 11.4 Å². The van der Waals surface area contributed by atoms with E-state index in [1.54, 1.807) is 36.4 Å². The van der Waals surface area contributed by atoms with E-state index >= 15 is 0 Å². The molecule has 0 unspecified atom stereocenters. The summed E-state index contributed by atoms with van der Waals surface area (Å²) in [6, 6.07) is 11.9. The van der Waals surface area contributed by atoms with Crippen LogP contribution in [0.3, 0.4) is 0 Å². The van der Waals surface area contributed by atoms with E-state index in [0.717, 1.165) is 31.6 Å². The normalized spacial score (nSPS) is 13.6. The summed E-state index contributed by atoms with van der Waals surface area (Å²) in [5.74, 6) is -0.686. The molecular formula is C19H19ClN2O3. The lowest BCUT2D eigenvalue weighted by atomic mass is 10.1. The van der Waals surface area contributed by atoms with Crippen molar-refractivity contribution >= 4 is 34.9 Å². The smallest absolute Gasteiger partial charge is 0.337 e. The van der Waals surface area contributed by atoms with E-state index in [4.69, 9.17) is 16.3 Å². The highest BCUT2D eigenvalue weighted by Gasteiger charge is 2.19. The molecule has 1 amide bonds. The minimum absolute atomic E-state index is 0.251. The average molecular weight is 359 g/mol. The van der Waals surface area contributed by atoms with Gasteiger partial charge in [-0.05, 0) is 55.3 Å². The summed E-state index contributed by atoms with van der Waals surface area (Å²) in [6.45, 7) is 1.86. The number of anilines is 2. The number of amides is 1. The van der Waals surface area contributed by atoms with Crippen molar-refractivity contribution in [3.63, 3.8) is 0 Å². The lowest BCUT2D eigenvalue weighted by molar-refractivity contribution is 0.0600. The highest BCUT2D eigenvalue weighted by atomic mass is 35.5. The number of ether oxygens (including phenoxy) is 1. The summed E-state index contributed by atoms with van der Waals surface area (Å²) in [7, 11) is 1.34. The molecule has 0 aromatic heterocycles. The number of hydrogen-bond acceptors (Lipinski definition) is 4. The summed E-state index contributed by atoms with van der Waals surface area (Å²) in [5.41, 5.74) is 2.41. The first-order valence-corrected chi connectivity index (χ1v) is 8.50. The van der Waals surface area contributed by atoms with Crippen LogP contribution in [0, 0.1) is 0 Å². The predicted octanol–water partition coefficient (Wildman–Crippen LogP) is 3.98. The first-order valence-electron chi connectivity index (χ1n) is 8.13. The summed E-state index contributed by atoms with van der Waals surface area (Å²) in [6.07, 6.45) is 2.23. The molecule has 130 valence electrons. The van der Waals surface area contributed by atoms with Gasteiger partial charge < -0.3 is 15.0 Å². The van der Waals surface area contributed by atoms with E-state index in [0.29, 0.717) is 21.8 Å². The molecule has 0 bridgehead atoms. The third kappa shape index (κ3) is 3.94. The molecule has 2 aromatic carbocycles. The molecule has 1 aliphatic rings. The molecule has 1 N–H and O–H groups in total. The number of hydrogen-bond donors (Lipinski definition) is 1. The Morgan fingerprint density at radius 3 is 2.32 bits per heavy atom. The van der Waals surface area contributed by atoms with Crippen molar-refractivity contribution in [2.24, 2.45) is 0 Å². The van der Waals surface area contributed by atoms with E-state index in [1.165, 1.54) is 7.11 Å². The molecule has 2 aromatic rings. The van der Waals surface area contributed by atoms with Gasteiger partial charge in [-0.15, -0.1) is 0 Å². The Morgan fingerprint density at radius 2 is 1.68 bits per heavy atom. The zero-order chi connectivity index (χ0) is 17.8. The average Bonchev–Trinajstić information content (AvgIpc) is 3.16. The third-order valence-electron chi connectivity index (χ3n) is 4.22. The van der Waals surface area contributed by atoms with Gasteiger partial charge in [0.25, 0.3) is 5.91 Å². The maximum Gasteiger partial charge on any atom is 0.337 e. The van der Waals surface area contributed by atoms with Crippen LogP contribution < -0.4 is 10.2 Å². The molecule has 6 heteroatoms. The van der Waals surface area contributed by atoms with E-state index < -0.39 is 5.97 Å². The molecule has 0 atom stereocenters. The monoisotopic (exact) mass is 358 g/mol. The second-order valence-corrected chi connectivity index (χ2v) is 6.32. The van der Waals surface area contributed by atoms with Crippen LogP contribution in [0.25, 0.3) is 0 Å². The van der Waals surface area contributed by atoms with Gasteiger partial charge in [0, 0.05) is 23.7 Å². The summed E-state index contributed by atoms with van der Waals surface area (Å²) >= 11 is 5.87. The number of carbonyl (C=O) groups excluding carboxylic acids is 2. The highest BCUT2D eigenvalue weighted by Crippen LogP contribution is 2.30. The van der Waals surface area contributed by atoms with Gasteiger partial charge >= 0.3 is 5.97 Å². The molecule has 0 aliphatic carbocycles. The van der Waals surface area contributed by atoms with Gasteiger partial charge in [0.05, 0.1) is 24.0 Å². The Kier molecular flexibility index (Phi) is 5.24.